The molecule has 1 aromatic heterocycles. The van der Waals surface area contributed by atoms with Crippen LogP contribution in [0.1, 0.15) is 0 Å². The van der Waals surface area contributed by atoms with Gasteiger partial charge in [0.15, 0.2) is 11.5 Å². The van der Waals surface area contributed by atoms with Crippen molar-refractivity contribution in [2.75, 3.05) is 13.2 Å². The minimum Gasteiger partial charge on any atom is -0.486 e. The molecule has 5 rings (SSSR count). The first-order chi connectivity index (χ1) is 14.7. The zero-order chi connectivity index (χ0) is 20.5. The summed E-state index contributed by atoms with van der Waals surface area (Å²) in [5.41, 5.74) is 4.30. The van der Waals surface area contributed by atoms with Crippen molar-refractivity contribution in [2.24, 2.45) is 0 Å². The molecule has 3 aromatic carbocycles. The number of aromatic nitrogens is 1. The van der Waals surface area contributed by atoms with Crippen LogP contribution < -0.4 is 9.47 Å². The van der Waals surface area contributed by atoms with Crippen LogP contribution in [0, 0.1) is 10.1 Å². The molecule has 0 N–H and O–H groups in total. The standard InChI is InChI=1S/C23H16N2O4S/c26-25(27)20-4-2-1-3-18(20)15-5-7-16(8-6-15)23-24-19(14-30-23)17-9-10-21-22(13-17)29-12-11-28-21/h1-10,13-14H,11-12H2. The number of nitro groups is 1. The third-order valence-corrected chi connectivity index (χ3v) is 5.78. The van der Waals surface area contributed by atoms with Crippen molar-refractivity contribution in [1.82, 2.24) is 4.98 Å². The molecule has 0 amide bonds. The number of benzene rings is 3. The van der Waals surface area contributed by atoms with Crippen molar-refractivity contribution < 1.29 is 14.4 Å². The highest BCUT2D eigenvalue weighted by molar-refractivity contribution is 7.13. The highest BCUT2D eigenvalue weighted by atomic mass is 32.1. The Morgan fingerprint density at radius 3 is 2.37 bits per heavy atom. The first kappa shape index (κ1) is 18.3. The van der Waals surface area contributed by atoms with Gasteiger partial charge in [0.25, 0.3) is 5.69 Å². The number of para-hydroxylation sites is 1. The van der Waals surface area contributed by atoms with Gasteiger partial charge < -0.3 is 9.47 Å². The molecule has 0 unspecified atom stereocenters. The molecule has 6 nitrogen and oxygen atoms in total. The van der Waals surface area contributed by atoms with Crippen molar-refractivity contribution in [3.63, 3.8) is 0 Å². The van der Waals surface area contributed by atoms with Crippen molar-refractivity contribution in [3.8, 4) is 44.5 Å². The van der Waals surface area contributed by atoms with E-state index in [-0.39, 0.29) is 10.6 Å². The van der Waals surface area contributed by atoms with Crippen LogP contribution in [0.4, 0.5) is 5.69 Å². The van der Waals surface area contributed by atoms with Crippen molar-refractivity contribution >= 4 is 17.0 Å². The lowest BCUT2D eigenvalue weighted by molar-refractivity contribution is -0.384. The van der Waals surface area contributed by atoms with Gasteiger partial charge in [-0.2, -0.15) is 0 Å². The summed E-state index contributed by atoms with van der Waals surface area (Å²) in [6, 6.07) is 20.3. The van der Waals surface area contributed by atoms with E-state index < -0.39 is 0 Å². The van der Waals surface area contributed by atoms with Gasteiger partial charge in [-0.1, -0.05) is 36.4 Å². The molecule has 148 valence electrons. The summed E-state index contributed by atoms with van der Waals surface area (Å²) in [5.74, 6) is 1.49. The van der Waals surface area contributed by atoms with E-state index in [4.69, 9.17) is 14.5 Å². The average molecular weight is 416 g/mol. The van der Waals surface area contributed by atoms with E-state index in [0.29, 0.717) is 18.8 Å². The fourth-order valence-corrected chi connectivity index (χ4v) is 4.25. The summed E-state index contributed by atoms with van der Waals surface area (Å²) >= 11 is 1.55. The third kappa shape index (κ3) is 3.40. The Morgan fingerprint density at radius 1 is 0.867 bits per heavy atom. The predicted molar refractivity (Wildman–Crippen MR) is 116 cm³/mol. The van der Waals surface area contributed by atoms with Crippen LogP contribution in [0.15, 0.2) is 72.1 Å². The van der Waals surface area contributed by atoms with Gasteiger partial charge in [-0.05, 0) is 29.8 Å². The normalized spacial score (nSPS) is 12.5. The number of fused-ring (bicyclic) bond motifs is 1. The van der Waals surface area contributed by atoms with Crippen LogP contribution in [0.2, 0.25) is 0 Å². The van der Waals surface area contributed by atoms with Crippen LogP contribution in [0.25, 0.3) is 33.0 Å². The molecule has 0 saturated heterocycles. The highest BCUT2D eigenvalue weighted by Gasteiger charge is 2.16. The monoisotopic (exact) mass is 416 g/mol. The van der Waals surface area contributed by atoms with Gasteiger partial charge in [0, 0.05) is 22.6 Å². The minimum absolute atomic E-state index is 0.0976. The van der Waals surface area contributed by atoms with Crippen LogP contribution in [0.5, 0.6) is 11.5 Å². The lowest BCUT2D eigenvalue weighted by Crippen LogP contribution is -2.15. The number of hydrogen-bond acceptors (Lipinski definition) is 6. The molecule has 0 spiro atoms. The quantitative estimate of drug-likeness (QED) is 0.309. The molecule has 0 radical (unpaired) electrons. The maximum Gasteiger partial charge on any atom is 0.277 e. The second kappa shape index (κ2) is 7.61. The van der Waals surface area contributed by atoms with Crippen LogP contribution >= 0.6 is 11.3 Å². The van der Waals surface area contributed by atoms with E-state index in [2.05, 4.69) is 0 Å². The Balaban J connectivity index is 1.43. The number of rotatable bonds is 4. The zero-order valence-electron chi connectivity index (χ0n) is 15.8. The first-order valence-electron chi connectivity index (χ1n) is 9.39. The minimum atomic E-state index is -0.357. The maximum atomic E-state index is 11.3. The second-order valence-corrected chi connectivity index (χ2v) is 7.61. The van der Waals surface area contributed by atoms with E-state index in [1.165, 1.54) is 6.07 Å². The van der Waals surface area contributed by atoms with E-state index in [1.54, 1.807) is 29.5 Å². The Hall–Kier alpha value is -3.71. The van der Waals surface area contributed by atoms with Crippen molar-refractivity contribution in [2.45, 2.75) is 0 Å². The molecule has 1 aliphatic heterocycles. The Morgan fingerprint density at radius 2 is 1.57 bits per heavy atom. The molecule has 0 fully saturated rings. The first-order valence-corrected chi connectivity index (χ1v) is 10.3. The van der Waals surface area contributed by atoms with Gasteiger partial charge >= 0.3 is 0 Å². The summed E-state index contributed by atoms with van der Waals surface area (Å²) in [5, 5.41) is 14.2. The largest absolute Gasteiger partial charge is 0.486 e. The van der Waals surface area contributed by atoms with Crippen molar-refractivity contribution in [1.29, 1.82) is 0 Å². The fraction of sp³-hybridized carbons (Fsp3) is 0.0870. The third-order valence-electron chi connectivity index (χ3n) is 4.89. The van der Waals surface area contributed by atoms with Gasteiger partial charge in [0.2, 0.25) is 0 Å². The second-order valence-electron chi connectivity index (χ2n) is 6.75. The lowest BCUT2D eigenvalue weighted by Gasteiger charge is -2.18. The Kier molecular flexibility index (Phi) is 4.65. The van der Waals surface area contributed by atoms with Crippen LogP contribution in [0.3, 0.4) is 0 Å². The summed E-state index contributed by atoms with van der Waals surface area (Å²) in [6.07, 6.45) is 0. The molecule has 1 aliphatic rings. The summed E-state index contributed by atoms with van der Waals surface area (Å²) in [7, 11) is 0. The number of nitro benzene ring substituents is 1. The topological polar surface area (TPSA) is 74.5 Å². The molecular weight excluding hydrogens is 400 g/mol. The van der Waals surface area contributed by atoms with Crippen molar-refractivity contribution in [3.05, 3.63) is 82.2 Å². The zero-order valence-corrected chi connectivity index (χ0v) is 16.6. The molecule has 0 saturated carbocycles. The van der Waals surface area contributed by atoms with E-state index in [0.717, 1.165) is 38.9 Å². The summed E-state index contributed by atoms with van der Waals surface area (Å²) < 4.78 is 11.2. The Labute approximate surface area is 176 Å². The molecule has 0 atom stereocenters. The number of thiazole rings is 1. The molecule has 30 heavy (non-hydrogen) atoms. The van der Waals surface area contributed by atoms with Crippen LogP contribution in [-0.4, -0.2) is 23.1 Å². The molecule has 0 bridgehead atoms. The Bertz CT molecular complexity index is 1230. The van der Waals surface area contributed by atoms with Gasteiger partial charge in [-0.3, -0.25) is 10.1 Å². The predicted octanol–water partition coefficient (Wildman–Crippen LogP) is 5.82. The smallest absolute Gasteiger partial charge is 0.277 e. The summed E-state index contributed by atoms with van der Waals surface area (Å²) in [6.45, 7) is 1.11. The van der Waals surface area contributed by atoms with Gasteiger partial charge in [0.05, 0.1) is 16.2 Å². The van der Waals surface area contributed by atoms with Crippen LogP contribution in [-0.2, 0) is 0 Å². The van der Waals surface area contributed by atoms with Gasteiger partial charge in [-0.15, -0.1) is 11.3 Å². The molecular formula is C23H16N2O4S. The maximum absolute atomic E-state index is 11.3. The molecule has 4 aromatic rings. The number of hydrogen-bond donors (Lipinski definition) is 0. The van der Waals surface area contributed by atoms with E-state index >= 15 is 0 Å². The van der Waals surface area contributed by atoms with Gasteiger partial charge in [-0.25, -0.2) is 4.98 Å². The number of ether oxygens (including phenoxy) is 2. The highest BCUT2D eigenvalue weighted by Crippen LogP contribution is 2.37. The average Bonchev–Trinajstić information content (AvgIpc) is 3.29. The molecule has 7 heteroatoms. The lowest BCUT2D eigenvalue weighted by atomic mass is 10.0. The van der Waals surface area contributed by atoms with E-state index in [1.807, 2.05) is 47.8 Å². The van der Waals surface area contributed by atoms with E-state index in [9.17, 15) is 10.1 Å². The SMILES string of the molecule is O=[N+]([O-])c1ccccc1-c1ccc(-c2nc(-c3ccc4c(c3)OCCO4)cs2)cc1. The fourth-order valence-electron chi connectivity index (χ4n) is 3.41. The number of nitrogens with zero attached hydrogens (tertiary/aromatic N) is 2. The molecule has 2 heterocycles. The van der Waals surface area contributed by atoms with Gasteiger partial charge in [0.1, 0.15) is 18.2 Å². The molecule has 0 aliphatic carbocycles. The summed E-state index contributed by atoms with van der Waals surface area (Å²) in [4.78, 5) is 15.7.